The van der Waals surface area contributed by atoms with Crippen LogP contribution in [-0.2, 0) is 32.7 Å². The Morgan fingerprint density at radius 3 is 1.19 bits per heavy atom. The van der Waals surface area contributed by atoms with Crippen LogP contribution in [0, 0.1) is 0 Å². The van der Waals surface area contributed by atoms with E-state index < -0.39 is 26.5 Å². The molecule has 0 saturated heterocycles. The summed E-state index contributed by atoms with van der Waals surface area (Å²) >= 11 is 0. The maximum atomic E-state index is 12.6. The predicted molar refractivity (Wildman–Crippen MR) is 293 cm³/mol. The molecular formula is C59H110NO8P. The van der Waals surface area contributed by atoms with Crippen LogP contribution in [0.5, 0.6) is 0 Å². The van der Waals surface area contributed by atoms with E-state index in [1.54, 1.807) is 0 Å². The van der Waals surface area contributed by atoms with Gasteiger partial charge in [-0.3, -0.25) is 18.6 Å². The maximum Gasteiger partial charge on any atom is 0.472 e. The Morgan fingerprint density at radius 2 is 0.797 bits per heavy atom. The highest BCUT2D eigenvalue weighted by Gasteiger charge is 2.26. The van der Waals surface area contributed by atoms with E-state index in [0.717, 1.165) is 57.8 Å². The number of rotatable bonds is 55. The second-order valence-electron chi connectivity index (χ2n) is 19.5. The molecule has 0 fully saturated rings. The first kappa shape index (κ1) is 67.0. The van der Waals surface area contributed by atoms with Gasteiger partial charge >= 0.3 is 19.8 Å². The SMILES string of the molecule is CC/C=C\C/C=C\C/C=C\C/C=C\CCCCC(=O)OC(COC(=O)CCCCCCCCCCCCCCCCCCCCCCCCCCCCCCCCCCC)COP(=O)(O)OCCN. The summed E-state index contributed by atoms with van der Waals surface area (Å²) in [7, 11) is -4.39. The number of unbranched alkanes of at least 4 members (excludes halogenated alkanes) is 34. The van der Waals surface area contributed by atoms with Crippen molar-refractivity contribution in [2.45, 2.75) is 290 Å². The van der Waals surface area contributed by atoms with Crippen LogP contribution in [0.2, 0.25) is 0 Å². The first-order valence-electron chi connectivity index (χ1n) is 29.1. The van der Waals surface area contributed by atoms with Gasteiger partial charge in [0, 0.05) is 19.4 Å². The summed E-state index contributed by atoms with van der Waals surface area (Å²) in [6.07, 6.45) is 67.8. The summed E-state index contributed by atoms with van der Waals surface area (Å²) in [6.45, 7) is 3.61. The minimum atomic E-state index is -4.39. The first-order chi connectivity index (χ1) is 33.8. The van der Waals surface area contributed by atoms with Crippen LogP contribution in [0.25, 0.3) is 0 Å². The molecule has 0 rings (SSSR count). The maximum absolute atomic E-state index is 12.6. The molecule has 404 valence electrons. The highest BCUT2D eigenvalue weighted by molar-refractivity contribution is 7.47. The molecule has 2 unspecified atom stereocenters. The second kappa shape index (κ2) is 55.3. The fraction of sp³-hybridized carbons (Fsp3) is 0.831. The van der Waals surface area contributed by atoms with E-state index in [1.165, 1.54) is 193 Å². The van der Waals surface area contributed by atoms with E-state index in [1.807, 2.05) is 0 Å². The van der Waals surface area contributed by atoms with Crippen molar-refractivity contribution in [3.8, 4) is 0 Å². The van der Waals surface area contributed by atoms with Crippen molar-refractivity contribution in [1.29, 1.82) is 0 Å². The highest BCUT2D eigenvalue weighted by atomic mass is 31.2. The Labute approximate surface area is 426 Å². The summed E-state index contributed by atoms with van der Waals surface area (Å²) in [5, 5.41) is 0. The minimum Gasteiger partial charge on any atom is -0.462 e. The standard InChI is InChI=1S/C59H110NO8P/c1-3-5-7-9-11-13-15-17-19-20-21-22-23-24-25-26-27-28-29-30-31-32-33-34-35-36-38-39-41-43-45-47-49-51-58(61)65-55-57(56-67-69(63,64)66-54-53-60)68-59(62)52-50-48-46-44-42-40-37-18-16-14-12-10-8-6-4-2/h6,8,12,14,18,37,42,44,57H,3-5,7,9-11,13,15-17,19-36,38-41,43,45-56,60H2,1-2H3,(H,63,64)/b8-6-,14-12-,37-18-,44-42-. The molecule has 3 N–H and O–H groups in total. The van der Waals surface area contributed by atoms with Crippen LogP contribution in [0.3, 0.4) is 0 Å². The molecule has 0 saturated carbocycles. The molecule has 0 bridgehead atoms. The van der Waals surface area contributed by atoms with E-state index in [-0.39, 0.29) is 38.6 Å². The monoisotopic (exact) mass is 992 g/mol. The fourth-order valence-corrected chi connectivity index (χ4v) is 9.22. The molecule has 10 heteroatoms. The van der Waals surface area contributed by atoms with E-state index in [2.05, 4.69) is 62.5 Å². The van der Waals surface area contributed by atoms with Crippen molar-refractivity contribution in [1.82, 2.24) is 0 Å². The zero-order chi connectivity index (χ0) is 50.2. The molecule has 0 radical (unpaired) electrons. The number of phosphoric ester groups is 1. The average molecular weight is 993 g/mol. The summed E-state index contributed by atoms with van der Waals surface area (Å²) in [6, 6.07) is 0. The zero-order valence-corrected chi connectivity index (χ0v) is 45.9. The number of carbonyl (C=O) groups excluding carboxylic acids is 2. The van der Waals surface area contributed by atoms with Crippen molar-refractivity contribution in [2.75, 3.05) is 26.4 Å². The van der Waals surface area contributed by atoms with Gasteiger partial charge in [-0.25, -0.2) is 4.57 Å². The van der Waals surface area contributed by atoms with Gasteiger partial charge in [-0.1, -0.05) is 268 Å². The van der Waals surface area contributed by atoms with Crippen molar-refractivity contribution in [3.05, 3.63) is 48.6 Å². The highest BCUT2D eigenvalue weighted by Crippen LogP contribution is 2.43. The lowest BCUT2D eigenvalue weighted by molar-refractivity contribution is -0.161. The summed E-state index contributed by atoms with van der Waals surface area (Å²) in [5.74, 6) is -0.867. The smallest absolute Gasteiger partial charge is 0.462 e. The van der Waals surface area contributed by atoms with Gasteiger partial charge in [0.2, 0.25) is 0 Å². The lowest BCUT2D eigenvalue weighted by Gasteiger charge is -2.19. The number of hydrogen-bond donors (Lipinski definition) is 2. The van der Waals surface area contributed by atoms with Crippen LogP contribution < -0.4 is 5.73 Å². The Hall–Kier alpha value is -2.03. The second-order valence-corrected chi connectivity index (χ2v) is 20.9. The fourth-order valence-electron chi connectivity index (χ4n) is 8.45. The molecule has 0 spiro atoms. The van der Waals surface area contributed by atoms with E-state index in [0.29, 0.717) is 6.42 Å². The lowest BCUT2D eigenvalue weighted by atomic mass is 10.0. The molecule has 0 heterocycles. The Bertz CT molecular complexity index is 1270. The number of phosphoric acid groups is 1. The van der Waals surface area contributed by atoms with Gasteiger partial charge in [-0.15, -0.1) is 0 Å². The third kappa shape index (κ3) is 55.1. The third-order valence-electron chi connectivity index (χ3n) is 12.7. The van der Waals surface area contributed by atoms with Gasteiger partial charge in [-0.2, -0.15) is 0 Å². The van der Waals surface area contributed by atoms with Gasteiger partial charge in [0.25, 0.3) is 0 Å². The number of allylic oxidation sites excluding steroid dienone is 8. The molecule has 0 aliphatic carbocycles. The van der Waals surface area contributed by atoms with E-state index in [9.17, 15) is 19.0 Å². The molecule has 2 atom stereocenters. The number of esters is 2. The summed E-state index contributed by atoms with van der Waals surface area (Å²) < 4.78 is 32.9. The Morgan fingerprint density at radius 1 is 0.449 bits per heavy atom. The number of ether oxygens (including phenoxy) is 2. The molecule has 0 aliphatic heterocycles. The van der Waals surface area contributed by atoms with Crippen LogP contribution >= 0.6 is 7.82 Å². The largest absolute Gasteiger partial charge is 0.472 e. The van der Waals surface area contributed by atoms with Crippen molar-refractivity contribution >= 4 is 19.8 Å². The molecule has 9 nitrogen and oxygen atoms in total. The Kier molecular flexibility index (Phi) is 53.7. The molecule has 0 aromatic carbocycles. The lowest BCUT2D eigenvalue weighted by Crippen LogP contribution is -2.29. The predicted octanol–water partition coefficient (Wildman–Crippen LogP) is 18.2. The molecular weight excluding hydrogens is 882 g/mol. The molecule has 0 amide bonds. The van der Waals surface area contributed by atoms with Gasteiger partial charge in [0.1, 0.15) is 6.61 Å². The van der Waals surface area contributed by atoms with Crippen molar-refractivity contribution in [2.24, 2.45) is 5.73 Å². The normalized spacial score (nSPS) is 13.4. The Balaban J connectivity index is 3.83. The van der Waals surface area contributed by atoms with Crippen LogP contribution in [-0.4, -0.2) is 49.3 Å². The first-order valence-corrected chi connectivity index (χ1v) is 30.6. The molecule has 0 aliphatic rings. The summed E-state index contributed by atoms with van der Waals surface area (Å²) in [5.41, 5.74) is 5.37. The van der Waals surface area contributed by atoms with Crippen LogP contribution in [0.4, 0.5) is 0 Å². The topological polar surface area (TPSA) is 134 Å². The molecule has 0 aromatic rings. The average Bonchev–Trinajstić information content (AvgIpc) is 3.34. The summed E-state index contributed by atoms with van der Waals surface area (Å²) in [4.78, 5) is 35.1. The number of nitrogens with two attached hydrogens (primary N) is 1. The number of carbonyl (C=O) groups is 2. The van der Waals surface area contributed by atoms with Gasteiger partial charge < -0.3 is 20.1 Å². The van der Waals surface area contributed by atoms with Crippen molar-refractivity contribution < 1.29 is 37.6 Å². The third-order valence-corrected chi connectivity index (χ3v) is 13.7. The van der Waals surface area contributed by atoms with Crippen LogP contribution in [0.15, 0.2) is 48.6 Å². The quantitative estimate of drug-likeness (QED) is 0.0264. The van der Waals surface area contributed by atoms with Gasteiger partial charge in [0.15, 0.2) is 6.10 Å². The zero-order valence-electron chi connectivity index (χ0n) is 45.1. The van der Waals surface area contributed by atoms with Gasteiger partial charge in [0.05, 0.1) is 13.2 Å². The van der Waals surface area contributed by atoms with Crippen LogP contribution in [0.1, 0.15) is 284 Å². The molecule has 0 aromatic heterocycles. The van der Waals surface area contributed by atoms with Gasteiger partial charge in [-0.05, 0) is 51.4 Å². The molecule has 69 heavy (non-hydrogen) atoms. The number of hydrogen-bond acceptors (Lipinski definition) is 8. The van der Waals surface area contributed by atoms with Crippen molar-refractivity contribution in [3.63, 3.8) is 0 Å². The van der Waals surface area contributed by atoms with E-state index in [4.69, 9.17) is 24.3 Å². The van der Waals surface area contributed by atoms with E-state index >= 15 is 0 Å². The minimum absolute atomic E-state index is 0.0462.